The van der Waals surface area contributed by atoms with E-state index in [9.17, 15) is 19.5 Å². The van der Waals surface area contributed by atoms with E-state index >= 15 is 0 Å². The van der Waals surface area contributed by atoms with Crippen LogP contribution >= 0.6 is 0 Å². The molecule has 8 nitrogen and oxygen atoms in total. The largest absolute Gasteiger partial charge is 0.457 e. The minimum atomic E-state index is -0.675. The van der Waals surface area contributed by atoms with Crippen LogP contribution in [0.5, 0.6) is 0 Å². The van der Waals surface area contributed by atoms with Crippen molar-refractivity contribution in [1.82, 2.24) is 9.80 Å². The van der Waals surface area contributed by atoms with Crippen LogP contribution in [0.3, 0.4) is 0 Å². The number of fused-ring (bicyclic) bond motifs is 1. The third-order valence-electron chi connectivity index (χ3n) is 7.90. The van der Waals surface area contributed by atoms with Crippen molar-refractivity contribution < 1.29 is 29.0 Å². The molecule has 176 valence electrons. The number of nitrogens with zero attached hydrogens (tertiary/aromatic N) is 2. The van der Waals surface area contributed by atoms with Crippen LogP contribution in [0.4, 0.5) is 0 Å². The van der Waals surface area contributed by atoms with Crippen molar-refractivity contribution >= 4 is 17.8 Å². The highest BCUT2D eigenvalue weighted by atomic mass is 16.5. The van der Waals surface area contributed by atoms with Crippen LogP contribution < -0.4 is 0 Å². The third kappa shape index (κ3) is 3.65. The molecule has 1 aromatic carbocycles. The highest BCUT2D eigenvalue weighted by molar-refractivity contribution is 5.94. The van der Waals surface area contributed by atoms with Crippen LogP contribution in [0, 0.1) is 12.3 Å². The number of hydrogen-bond acceptors (Lipinski definition) is 7. The molecule has 4 aliphatic heterocycles. The SMILES string of the molecule is CC[C@@H]1CC2(CCN(C[C@H](O)c3ccc4c(c3C)COC4=O)CC2)C(=O)N1C1=CC(=O)OC1. The number of esters is 2. The number of likely N-dealkylation sites (tertiary alicyclic amines) is 2. The molecular weight excluding hydrogens is 424 g/mol. The zero-order chi connectivity index (χ0) is 23.3. The second-order valence-corrected chi connectivity index (χ2v) is 9.66. The third-order valence-corrected chi connectivity index (χ3v) is 7.90. The normalized spacial score (nSPS) is 25.3. The van der Waals surface area contributed by atoms with Crippen molar-refractivity contribution in [1.29, 1.82) is 0 Å². The van der Waals surface area contributed by atoms with E-state index in [0.29, 0.717) is 17.8 Å². The van der Waals surface area contributed by atoms with Gasteiger partial charge in [-0.25, -0.2) is 9.59 Å². The van der Waals surface area contributed by atoms with E-state index in [2.05, 4.69) is 11.8 Å². The van der Waals surface area contributed by atoms with Crippen LogP contribution in [-0.4, -0.2) is 65.0 Å². The molecule has 0 bridgehead atoms. The predicted octanol–water partition coefficient (Wildman–Crippen LogP) is 2.23. The lowest BCUT2D eigenvalue weighted by molar-refractivity contribution is -0.139. The number of carbonyl (C=O) groups is 3. The van der Waals surface area contributed by atoms with Gasteiger partial charge in [-0.2, -0.15) is 0 Å². The molecule has 4 heterocycles. The Labute approximate surface area is 193 Å². The van der Waals surface area contributed by atoms with Gasteiger partial charge in [0.2, 0.25) is 5.91 Å². The van der Waals surface area contributed by atoms with Crippen LogP contribution in [-0.2, 0) is 25.7 Å². The number of rotatable bonds is 5. The first-order chi connectivity index (χ1) is 15.8. The molecule has 0 aliphatic carbocycles. The second-order valence-electron chi connectivity index (χ2n) is 9.66. The summed E-state index contributed by atoms with van der Waals surface area (Å²) >= 11 is 0. The second kappa shape index (κ2) is 8.25. The van der Waals surface area contributed by atoms with Crippen LogP contribution in [0.2, 0.25) is 0 Å². The number of benzene rings is 1. The predicted molar refractivity (Wildman–Crippen MR) is 118 cm³/mol. The van der Waals surface area contributed by atoms with Gasteiger partial charge >= 0.3 is 11.9 Å². The molecule has 1 amide bonds. The number of β-amino-alcohol motifs (C(OH)–C–C–N with tert-alkyl or cyclic N) is 1. The van der Waals surface area contributed by atoms with Gasteiger partial charge < -0.3 is 24.4 Å². The maximum Gasteiger partial charge on any atom is 0.338 e. The first-order valence-corrected chi connectivity index (χ1v) is 11.7. The summed E-state index contributed by atoms with van der Waals surface area (Å²) in [6.07, 6.45) is 3.88. The topological polar surface area (TPSA) is 96.4 Å². The Hall–Kier alpha value is -2.71. The van der Waals surface area contributed by atoms with Crippen LogP contribution in [0.15, 0.2) is 23.9 Å². The van der Waals surface area contributed by atoms with Crippen molar-refractivity contribution in [3.63, 3.8) is 0 Å². The maximum absolute atomic E-state index is 13.5. The van der Waals surface area contributed by atoms with Gasteiger partial charge in [-0.15, -0.1) is 0 Å². The smallest absolute Gasteiger partial charge is 0.338 e. The molecule has 0 radical (unpaired) electrons. The molecule has 1 N–H and O–H groups in total. The fourth-order valence-electron chi connectivity index (χ4n) is 5.90. The monoisotopic (exact) mass is 454 g/mol. The van der Waals surface area contributed by atoms with E-state index < -0.39 is 11.5 Å². The Kier molecular flexibility index (Phi) is 5.53. The standard InChI is InChI=1S/C25H30N2O6/c1-3-16-11-25(24(31)27(16)17-10-22(29)32-13-17)6-8-26(9-7-25)12-21(28)18-4-5-19-20(15(18)2)14-33-23(19)30/h4-5,10,16,21,28H,3,6-9,11-14H2,1-2H3/t16-,21+/m1/s1. The van der Waals surface area contributed by atoms with Crippen LogP contribution in [0.25, 0.3) is 0 Å². The van der Waals surface area contributed by atoms with Crippen LogP contribution in [0.1, 0.15) is 65.8 Å². The van der Waals surface area contributed by atoms with Crippen molar-refractivity contribution in [2.75, 3.05) is 26.2 Å². The zero-order valence-electron chi connectivity index (χ0n) is 19.1. The molecule has 4 aliphatic rings. The van der Waals surface area contributed by atoms with Crippen molar-refractivity contribution in [3.05, 3.63) is 46.2 Å². The van der Waals surface area contributed by atoms with Gasteiger partial charge in [-0.1, -0.05) is 13.0 Å². The molecule has 5 rings (SSSR count). The maximum atomic E-state index is 13.5. The highest BCUT2D eigenvalue weighted by Crippen LogP contribution is 2.47. The van der Waals surface area contributed by atoms with Gasteiger partial charge in [-0.3, -0.25) is 4.79 Å². The van der Waals surface area contributed by atoms with E-state index in [4.69, 9.17) is 9.47 Å². The summed E-state index contributed by atoms with van der Waals surface area (Å²) < 4.78 is 10.2. The summed E-state index contributed by atoms with van der Waals surface area (Å²) in [6.45, 7) is 6.37. The number of hydrogen-bond donors (Lipinski definition) is 1. The first kappa shape index (κ1) is 22.1. The average molecular weight is 455 g/mol. The summed E-state index contributed by atoms with van der Waals surface area (Å²) in [6, 6.07) is 3.65. The molecular formula is C25H30N2O6. The Morgan fingerprint density at radius 3 is 2.58 bits per heavy atom. The number of piperidine rings is 1. The lowest BCUT2D eigenvalue weighted by Crippen LogP contribution is -2.45. The highest BCUT2D eigenvalue weighted by Gasteiger charge is 2.53. The zero-order valence-corrected chi connectivity index (χ0v) is 19.1. The first-order valence-electron chi connectivity index (χ1n) is 11.7. The fraction of sp³-hybridized carbons (Fsp3) is 0.560. The van der Waals surface area contributed by atoms with Gasteiger partial charge in [0.15, 0.2) is 0 Å². The summed E-state index contributed by atoms with van der Waals surface area (Å²) in [4.78, 5) is 40.8. The van der Waals surface area contributed by atoms with E-state index in [0.717, 1.165) is 55.5 Å². The Morgan fingerprint density at radius 2 is 1.91 bits per heavy atom. The molecule has 8 heteroatoms. The van der Waals surface area contributed by atoms with Crippen molar-refractivity contribution in [3.8, 4) is 0 Å². The molecule has 2 saturated heterocycles. The molecule has 33 heavy (non-hydrogen) atoms. The summed E-state index contributed by atoms with van der Waals surface area (Å²) in [5.74, 6) is -0.575. The molecule has 0 unspecified atom stereocenters. The number of aliphatic hydroxyl groups is 1. The van der Waals surface area contributed by atoms with E-state index in [1.807, 2.05) is 17.9 Å². The number of cyclic esters (lactones) is 2. The Balaban J connectivity index is 1.25. The lowest BCUT2D eigenvalue weighted by Gasteiger charge is -2.38. The van der Waals surface area contributed by atoms with Crippen molar-refractivity contribution in [2.45, 2.75) is 58.3 Å². The number of ether oxygens (including phenoxy) is 2. The summed E-state index contributed by atoms with van der Waals surface area (Å²) in [5.41, 5.74) is 3.45. The number of carbonyl (C=O) groups excluding carboxylic acids is 3. The van der Waals surface area contributed by atoms with Gasteiger partial charge in [-0.05, 0) is 62.9 Å². The minimum Gasteiger partial charge on any atom is -0.457 e. The number of amides is 1. The van der Waals surface area contributed by atoms with Crippen molar-refractivity contribution in [2.24, 2.45) is 5.41 Å². The fourth-order valence-corrected chi connectivity index (χ4v) is 5.90. The van der Waals surface area contributed by atoms with Gasteiger partial charge in [0.05, 0.1) is 22.8 Å². The molecule has 2 fully saturated rings. The molecule has 1 spiro atoms. The number of aliphatic hydroxyl groups excluding tert-OH is 1. The van der Waals surface area contributed by atoms with Gasteiger partial charge in [0, 0.05) is 24.2 Å². The summed E-state index contributed by atoms with van der Waals surface area (Å²) in [7, 11) is 0. The Morgan fingerprint density at radius 1 is 1.15 bits per heavy atom. The lowest BCUT2D eigenvalue weighted by atomic mass is 9.75. The van der Waals surface area contributed by atoms with Gasteiger partial charge in [0.1, 0.15) is 13.2 Å². The van der Waals surface area contributed by atoms with E-state index in [1.165, 1.54) is 6.08 Å². The molecule has 1 aromatic rings. The average Bonchev–Trinajstić information content (AvgIpc) is 3.47. The molecule has 2 atom stereocenters. The van der Waals surface area contributed by atoms with E-state index in [1.54, 1.807) is 6.07 Å². The van der Waals surface area contributed by atoms with E-state index in [-0.39, 0.29) is 37.1 Å². The molecule has 0 aromatic heterocycles. The Bertz CT molecular complexity index is 1040. The molecule has 0 saturated carbocycles. The quantitative estimate of drug-likeness (QED) is 0.682. The van der Waals surface area contributed by atoms with Gasteiger partial charge in [0.25, 0.3) is 0 Å². The summed E-state index contributed by atoms with van der Waals surface area (Å²) in [5, 5.41) is 11.0. The minimum absolute atomic E-state index is 0.0920.